The number of carbonyl (C=O) groups is 2. The second-order valence-corrected chi connectivity index (χ2v) is 3.49. The lowest BCUT2D eigenvalue weighted by Gasteiger charge is -2.03. The number of amides is 1. The van der Waals surface area contributed by atoms with Crippen LogP contribution in [0.2, 0.25) is 0 Å². The van der Waals surface area contributed by atoms with Crippen molar-refractivity contribution in [2.45, 2.75) is 13.8 Å². The Bertz CT molecular complexity index is 412. The van der Waals surface area contributed by atoms with Gasteiger partial charge in [0.05, 0.1) is 0 Å². The molecule has 0 heterocycles. The zero-order valence-electron chi connectivity index (χ0n) is 11.3. The smallest absolute Gasteiger partial charge is 0.211 e. The molecule has 4 heteroatoms. The van der Waals surface area contributed by atoms with Gasteiger partial charge in [-0.25, -0.2) is 0 Å². The molecule has 0 radical (unpaired) electrons. The molecule has 0 saturated heterocycles. The Morgan fingerprint density at radius 2 is 1.94 bits per heavy atom. The number of benzene rings is 1. The van der Waals surface area contributed by atoms with E-state index in [1.807, 2.05) is 27.9 Å². The number of hydrogen-bond donors (Lipinski definition) is 1. The SMILES string of the molecule is CC.CN(C)/C=C/C(=O)c1cccc(NC=O)c1. The van der Waals surface area contributed by atoms with Gasteiger partial charge in [0.25, 0.3) is 0 Å². The predicted molar refractivity (Wildman–Crippen MR) is 74.6 cm³/mol. The van der Waals surface area contributed by atoms with E-state index in [4.69, 9.17) is 0 Å². The van der Waals surface area contributed by atoms with Crippen molar-refractivity contribution in [1.29, 1.82) is 0 Å². The summed E-state index contributed by atoms with van der Waals surface area (Å²) in [5, 5.41) is 2.50. The Hall–Kier alpha value is -2.10. The summed E-state index contributed by atoms with van der Waals surface area (Å²) in [4.78, 5) is 23.7. The molecule has 1 aromatic rings. The van der Waals surface area contributed by atoms with Gasteiger partial charge in [0, 0.05) is 37.6 Å². The summed E-state index contributed by atoms with van der Waals surface area (Å²) in [5.74, 6) is -0.0942. The summed E-state index contributed by atoms with van der Waals surface area (Å²) in [5.41, 5.74) is 1.16. The van der Waals surface area contributed by atoms with E-state index in [9.17, 15) is 9.59 Å². The molecule has 1 amide bonds. The fourth-order valence-electron chi connectivity index (χ4n) is 1.14. The summed E-state index contributed by atoms with van der Waals surface area (Å²) in [6.45, 7) is 4.00. The molecular weight excluding hydrogens is 228 g/mol. The van der Waals surface area contributed by atoms with Crippen LogP contribution in [0.4, 0.5) is 5.69 Å². The number of nitrogens with zero attached hydrogens (tertiary/aromatic N) is 1. The first-order chi connectivity index (χ1) is 8.63. The summed E-state index contributed by atoms with van der Waals surface area (Å²) < 4.78 is 0. The van der Waals surface area contributed by atoms with Crippen molar-refractivity contribution in [2.24, 2.45) is 0 Å². The summed E-state index contributed by atoms with van der Waals surface area (Å²) in [6.07, 6.45) is 3.75. The van der Waals surface area contributed by atoms with Crippen molar-refractivity contribution < 1.29 is 9.59 Å². The largest absolute Gasteiger partial charge is 0.383 e. The van der Waals surface area contributed by atoms with Gasteiger partial charge < -0.3 is 10.2 Å². The summed E-state index contributed by atoms with van der Waals surface area (Å²) in [7, 11) is 3.68. The van der Waals surface area contributed by atoms with Crippen LogP contribution in [-0.4, -0.2) is 31.2 Å². The molecule has 0 saturated carbocycles. The quantitative estimate of drug-likeness (QED) is 0.495. The summed E-state index contributed by atoms with van der Waals surface area (Å²) in [6, 6.07) is 6.79. The Balaban J connectivity index is 0.00000137. The minimum atomic E-state index is -0.0942. The minimum Gasteiger partial charge on any atom is -0.383 e. The molecule has 0 unspecified atom stereocenters. The number of ketones is 1. The van der Waals surface area contributed by atoms with E-state index in [-0.39, 0.29) is 5.78 Å². The maximum atomic E-state index is 11.7. The summed E-state index contributed by atoms with van der Waals surface area (Å²) >= 11 is 0. The standard InChI is InChI=1S/C12H14N2O2.C2H6/c1-14(2)7-6-12(16)10-4-3-5-11(8-10)13-9-15;1-2/h3-9H,1-2H3,(H,13,15);1-2H3/b7-6+;. The Morgan fingerprint density at radius 1 is 1.28 bits per heavy atom. The van der Waals surface area contributed by atoms with Crippen LogP contribution < -0.4 is 5.32 Å². The topological polar surface area (TPSA) is 49.4 Å². The molecule has 0 aromatic heterocycles. The molecule has 18 heavy (non-hydrogen) atoms. The van der Waals surface area contributed by atoms with Crippen LogP contribution in [0.25, 0.3) is 0 Å². The predicted octanol–water partition coefficient (Wildman–Crippen LogP) is 2.54. The zero-order valence-corrected chi connectivity index (χ0v) is 11.3. The molecule has 0 bridgehead atoms. The van der Waals surface area contributed by atoms with Gasteiger partial charge in [-0.2, -0.15) is 0 Å². The van der Waals surface area contributed by atoms with E-state index in [0.29, 0.717) is 17.7 Å². The zero-order chi connectivity index (χ0) is 14.0. The van der Waals surface area contributed by atoms with Gasteiger partial charge in [0.15, 0.2) is 5.78 Å². The van der Waals surface area contributed by atoms with E-state index < -0.39 is 0 Å². The van der Waals surface area contributed by atoms with Crippen molar-refractivity contribution in [3.05, 3.63) is 42.1 Å². The molecule has 0 aliphatic rings. The van der Waals surface area contributed by atoms with Gasteiger partial charge in [-0.1, -0.05) is 26.0 Å². The molecule has 1 aromatic carbocycles. The van der Waals surface area contributed by atoms with Crippen LogP contribution in [0.5, 0.6) is 0 Å². The highest BCUT2D eigenvalue weighted by molar-refractivity contribution is 6.05. The molecular formula is C14H20N2O2. The van der Waals surface area contributed by atoms with Crippen LogP contribution in [0.3, 0.4) is 0 Å². The molecule has 0 spiro atoms. The number of rotatable bonds is 5. The maximum absolute atomic E-state index is 11.7. The maximum Gasteiger partial charge on any atom is 0.211 e. The van der Waals surface area contributed by atoms with Gasteiger partial charge in [0.1, 0.15) is 0 Å². The normalized spacial score (nSPS) is 9.33. The Morgan fingerprint density at radius 3 is 2.50 bits per heavy atom. The first kappa shape index (κ1) is 15.9. The highest BCUT2D eigenvalue weighted by Crippen LogP contribution is 2.10. The van der Waals surface area contributed by atoms with E-state index in [1.54, 1.807) is 35.4 Å². The van der Waals surface area contributed by atoms with Crippen molar-refractivity contribution in [1.82, 2.24) is 4.90 Å². The third-order valence-corrected chi connectivity index (χ3v) is 1.90. The average molecular weight is 248 g/mol. The van der Waals surface area contributed by atoms with Crippen molar-refractivity contribution >= 4 is 17.9 Å². The minimum absolute atomic E-state index is 0.0942. The van der Waals surface area contributed by atoms with E-state index in [1.165, 1.54) is 6.08 Å². The Labute approximate surface area is 108 Å². The lowest BCUT2D eigenvalue weighted by Crippen LogP contribution is -2.03. The van der Waals surface area contributed by atoms with Crippen LogP contribution in [0.15, 0.2) is 36.5 Å². The Kier molecular flexibility index (Phi) is 7.94. The number of carbonyl (C=O) groups excluding carboxylic acids is 2. The monoisotopic (exact) mass is 248 g/mol. The molecule has 4 nitrogen and oxygen atoms in total. The van der Waals surface area contributed by atoms with Crippen molar-refractivity contribution in [2.75, 3.05) is 19.4 Å². The van der Waals surface area contributed by atoms with Gasteiger partial charge in [-0.3, -0.25) is 9.59 Å². The second-order valence-electron chi connectivity index (χ2n) is 3.49. The highest BCUT2D eigenvalue weighted by Gasteiger charge is 2.02. The number of hydrogen-bond acceptors (Lipinski definition) is 3. The molecule has 1 rings (SSSR count). The lowest BCUT2D eigenvalue weighted by atomic mass is 10.1. The number of anilines is 1. The van der Waals surface area contributed by atoms with Crippen LogP contribution >= 0.6 is 0 Å². The second kappa shape index (κ2) is 8.98. The third kappa shape index (κ3) is 5.84. The van der Waals surface area contributed by atoms with E-state index in [0.717, 1.165) is 0 Å². The van der Waals surface area contributed by atoms with Gasteiger partial charge in [-0.15, -0.1) is 0 Å². The fourth-order valence-corrected chi connectivity index (χ4v) is 1.14. The third-order valence-electron chi connectivity index (χ3n) is 1.90. The fraction of sp³-hybridized carbons (Fsp3) is 0.286. The molecule has 0 aliphatic carbocycles. The number of nitrogens with one attached hydrogen (secondary N) is 1. The molecule has 1 N–H and O–H groups in total. The highest BCUT2D eigenvalue weighted by atomic mass is 16.1. The van der Waals surface area contributed by atoms with Gasteiger partial charge in [-0.05, 0) is 12.1 Å². The van der Waals surface area contributed by atoms with Gasteiger partial charge >= 0.3 is 0 Å². The molecule has 0 aliphatic heterocycles. The molecule has 98 valence electrons. The van der Waals surface area contributed by atoms with Crippen LogP contribution in [-0.2, 0) is 4.79 Å². The van der Waals surface area contributed by atoms with Crippen LogP contribution in [0, 0.1) is 0 Å². The van der Waals surface area contributed by atoms with E-state index in [2.05, 4.69) is 5.32 Å². The van der Waals surface area contributed by atoms with Crippen LogP contribution in [0.1, 0.15) is 24.2 Å². The lowest BCUT2D eigenvalue weighted by molar-refractivity contribution is -0.105. The first-order valence-electron chi connectivity index (χ1n) is 5.82. The average Bonchev–Trinajstić information content (AvgIpc) is 2.39. The number of allylic oxidation sites excluding steroid dienone is 1. The van der Waals surface area contributed by atoms with Crippen molar-refractivity contribution in [3.63, 3.8) is 0 Å². The van der Waals surface area contributed by atoms with E-state index >= 15 is 0 Å². The van der Waals surface area contributed by atoms with Crippen molar-refractivity contribution in [3.8, 4) is 0 Å². The molecule has 0 fully saturated rings. The molecule has 0 atom stereocenters. The first-order valence-corrected chi connectivity index (χ1v) is 5.82. The van der Waals surface area contributed by atoms with Gasteiger partial charge in [0.2, 0.25) is 6.41 Å².